The van der Waals surface area contributed by atoms with Crippen LogP contribution in [0.1, 0.15) is 27.7 Å². The van der Waals surface area contributed by atoms with E-state index in [1.165, 1.54) is 0 Å². The van der Waals surface area contributed by atoms with Crippen LogP contribution >= 0.6 is 0 Å². The lowest BCUT2D eigenvalue weighted by atomic mass is 10.3. The van der Waals surface area contributed by atoms with Crippen LogP contribution in [-0.4, -0.2) is 16.8 Å². The maximum Gasteiger partial charge on any atom is 0.250 e. The maximum absolute atomic E-state index is 11.4. The Morgan fingerprint density at radius 1 is 1.25 bits per heavy atom. The molecule has 0 heterocycles. The number of hydrogen-bond acceptors (Lipinski definition) is 1. The lowest BCUT2D eigenvalue weighted by Gasteiger charge is -2.20. The lowest BCUT2D eigenvalue weighted by molar-refractivity contribution is -0.124. The molecule has 0 unspecified atom stereocenters. The Balaban J connectivity index is 4.40. The van der Waals surface area contributed by atoms with E-state index in [-0.39, 0.29) is 11.9 Å². The average Bonchev–Trinajstić information content (AvgIpc) is 1.99. The van der Waals surface area contributed by atoms with Crippen LogP contribution in [0.5, 0.6) is 0 Å². The minimum atomic E-state index is 0.0330. The molecule has 0 spiro atoms. The number of amides is 1. The van der Waals surface area contributed by atoms with E-state index in [1.807, 2.05) is 33.8 Å². The van der Waals surface area contributed by atoms with Crippen molar-refractivity contribution in [2.45, 2.75) is 33.7 Å². The van der Waals surface area contributed by atoms with Gasteiger partial charge in [-0.15, -0.1) is 0 Å². The van der Waals surface area contributed by atoms with E-state index in [2.05, 4.69) is 0 Å². The predicted octanol–water partition coefficient (Wildman–Crippen LogP) is 2.33. The third kappa shape index (κ3) is 3.37. The number of carbonyl (C=O) groups is 1. The summed E-state index contributed by atoms with van der Waals surface area (Å²) in [6.45, 7) is 7.72. The molecule has 0 aromatic rings. The molecule has 2 heteroatoms. The maximum atomic E-state index is 11.4. The number of carbonyl (C=O) groups excluding carboxylic acids is 1. The van der Waals surface area contributed by atoms with Gasteiger partial charge in [-0.3, -0.25) is 4.79 Å². The van der Waals surface area contributed by atoms with Crippen molar-refractivity contribution in [3.05, 3.63) is 24.4 Å². The normalized spacial score (nSPS) is 11.8. The van der Waals surface area contributed by atoms with Gasteiger partial charge < -0.3 is 4.90 Å². The highest BCUT2D eigenvalue weighted by Crippen LogP contribution is 2.00. The van der Waals surface area contributed by atoms with E-state index in [1.54, 1.807) is 23.3 Å². The first-order valence-electron chi connectivity index (χ1n) is 4.21. The molecule has 0 aliphatic rings. The van der Waals surface area contributed by atoms with Crippen LogP contribution < -0.4 is 0 Å². The van der Waals surface area contributed by atoms with Crippen LogP contribution in [0.2, 0.25) is 0 Å². The minimum Gasteiger partial charge on any atom is -0.313 e. The van der Waals surface area contributed by atoms with Gasteiger partial charge in [0.15, 0.2) is 0 Å². The number of nitrogens with zero attached hydrogens (tertiary/aromatic N) is 1. The van der Waals surface area contributed by atoms with Crippen LogP contribution in [0.3, 0.4) is 0 Å². The van der Waals surface area contributed by atoms with E-state index in [4.69, 9.17) is 0 Å². The molecule has 0 N–H and O–H groups in total. The Labute approximate surface area is 74.6 Å². The molecule has 0 saturated heterocycles. The summed E-state index contributed by atoms with van der Waals surface area (Å²) in [6, 6.07) is 0.213. The van der Waals surface area contributed by atoms with Gasteiger partial charge in [0.1, 0.15) is 0 Å². The summed E-state index contributed by atoms with van der Waals surface area (Å²) < 4.78 is 0. The standard InChI is InChI=1S/C10H17NO/c1-5-7-10(12)11(8-6-2)9(3)4/h5-9H,1-4H3/b7-5-,8-6-. The molecule has 0 atom stereocenters. The summed E-state index contributed by atoms with van der Waals surface area (Å²) in [5, 5.41) is 0. The molecule has 0 radical (unpaired) electrons. The third-order valence-corrected chi connectivity index (χ3v) is 1.43. The summed E-state index contributed by atoms with van der Waals surface area (Å²) >= 11 is 0. The van der Waals surface area contributed by atoms with E-state index >= 15 is 0 Å². The fourth-order valence-corrected chi connectivity index (χ4v) is 0.889. The molecule has 0 fully saturated rings. The second kappa shape index (κ2) is 5.58. The second-order valence-corrected chi connectivity index (χ2v) is 2.82. The van der Waals surface area contributed by atoms with Crippen molar-refractivity contribution >= 4 is 5.91 Å². The first-order chi connectivity index (χ1) is 5.63. The van der Waals surface area contributed by atoms with Gasteiger partial charge in [-0.25, -0.2) is 0 Å². The van der Waals surface area contributed by atoms with Crippen LogP contribution in [0.15, 0.2) is 24.4 Å². The van der Waals surface area contributed by atoms with Crippen LogP contribution in [0, 0.1) is 0 Å². The van der Waals surface area contributed by atoms with Gasteiger partial charge in [-0.1, -0.05) is 12.2 Å². The Morgan fingerprint density at radius 2 is 1.83 bits per heavy atom. The molecule has 0 bridgehead atoms. The van der Waals surface area contributed by atoms with Crippen LogP contribution in [0.4, 0.5) is 0 Å². The number of hydrogen-bond donors (Lipinski definition) is 0. The molecule has 0 aromatic carbocycles. The summed E-state index contributed by atoms with van der Waals surface area (Å²) in [7, 11) is 0. The third-order valence-electron chi connectivity index (χ3n) is 1.43. The quantitative estimate of drug-likeness (QED) is 0.591. The highest BCUT2D eigenvalue weighted by molar-refractivity contribution is 5.88. The molecule has 0 rings (SSSR count). The fourth-order valence-electron chi connectivity index (χ4n) is 0.889. The van der Waals surface area contributed by atoms with Crippen molar-refractivity contribution in [3.8, 4) is 0 Å². The average molecular weight is 167 g/mol. The SMILES string of the molecule is C/C=C\C(=O)N(/C=C\C)C(C)C. The minimum absolute atomic E-state index is 0.0330. The lowest BCUT2D eigenvalue weighted by Crippen LogP contribution is -2.30. The first-order valence-corrected chi connectivity index (χ1v) is 4.21. The Kier molecular flexibility index (Phi) is 5.09. The molecular formula is C10H17NO. The topological polar surface area (TPSA) is 20.3 Å². The van der Waals surface area contributed by atoms with Gasteiger partial charge in [0.05, 0.1) is 0 Å². The smallest absolute Gasteiger partial charge is 0.250 e. The van der Waals surface area contributed by atoms with Crippen LogP contribution in [0.25, 0.3) is 0 Å². The molecule has 12 heavy (non-hydrogen) atoms. The van der Waals surface area contributed by atoms with Crippen LogP contribution in [-0.2, 0) is 4.79 Å². The zero-order valence-corrected chi connectivity index (χ0v) is 8.24. The van der Waals surface area contributed by atoms with Crippen molar-refractivity contribution in [2.75, 3.05) is 0 Å². The van der Waals surface area contributed by atoms with Gasteiger partial charge in [0.25, 0.3) is 0 Å². The number of allylic oxidation sites excluding steroid dienone is 2. The Hall–Kier alpha value is -1.05. The van der Waals surface area contributed by atoms with Crippen molar-refractivity contribution in [1.82, 2.24) is 4.90 Å². The molecule has 0 aliphatic heterocycles. The first kappa shape index (κ1) is 11.0. The van der Waals surface area contributed by atoms with Crippen molar-refractivity contribution < 1.29 is 4.79 Å². The Morgan fingerprint density at radius 3 is 2.17 bits per heavy atom. The van der Waals surface area contributed by atoms with Crippen molar-refractivity contribution in [2.24, 2.45) is 0 Å². The molecule has 1 amide bonds. The van der Waals surface area contributed by atoms with Crippen molar-refractivity contribution in [3.63, 3.8) is 0 Å². The molecule has 68 valence electrons. The summed E-state index contributed by atoms with van der Waals surface area (Å²) in [5.41, 5.74) is 0. The van der Waals surface area contributed by atoms with Gasteiger partial charge >= 0.3 is 0 Å². The molecule has 2 nitrogen and oxygen atoms in total. The zero-order chi connectivity index (χ0) is 9.56. The van der Waals surface area contributed by atoms with E-state index in [0.29, 0.717) is 0 Å². The van der Waals surface area contributed by atoms with E-state index < -0.39 is 0 Å². The van der Waals surface area contributed by atoms with E-state index in [0.717, 1.165) is 0 Å². The molecule has 0 aromatic heterocycles. The second-order valence-electron chi connectivity index (χ2n) is 2.82. The van der Waals surface area contributed by atoms with Gasteiger partial charge in [-0.05, 0) is 33.8 Å². The Bertz CT molecular complexity index is 192. The van der Waals surface area contributed by atoms with Gasteiger partial charge in [0, 0.05) is 12.2 Å². The van der Waals surface area contributed by atoms with Gasteiger partial charge in [-0.2, -0.15) is 0 Å². The molecular weight excluding hydrogens is 150 g/mol. The fraction of sp³-hybridized carbons (Fsp3) is 0.500. The highest BCUT2D eigenvalue weighted by atomic mass is 16.2. The number of rotatable bonds is 3. The predicted molar refractivity (Wildman–Crippen MR) is 51.6 cm³/mol. The largest absolute Gasteiger partial charge is 0.313 e. The molecule has 0 aliphatic carbocycles. The summed E-state index contributed by atoms with van der Waals surface area (Å²) in [6.07, 6.45) is 6.98. The summed E-state index contributed by atoms with van der Waals surface area (Å²) in [4.78, 5) is 13.1. The van der Waals surface area contributed by atoms with Crippen molar-refractivity contribution in [1.29, 1.82) is 0 Å². The zero-order valence-electron chi connectivity index (χ0n) is 8.24. The van der Waals surface area contributed by atoms with Gasteiger partial charge in [0.2, 0.25) is 5.91 Å². The monoisotopic (exact) mass is 167 g/mol. The summed E-state index contributed by atoms with van der Waals surface area (Å²) in [5.74, 6) is 0.0330. The highest BCUT2D eigenvalue weighted by Gasteiger charge is 2.09. The van der Waals surface area contributed by atoms with E-state index in [9.17, 15) is 4.79 Å². The molecule has 0 saturated carbocycles.